The van der Waals surface area contributed by atoms with E-state index in [1.54, 1.807) is 0 Å². The smallest absolute Gasteiger partial charge is 0.239 e. The molecule has 6 nitrogen and oxygen atoms in total. The van der Waals surface area contributed by atoms with E-state index in [4.69, 9.17) is 15.2 Å². The Bertz CT molecular complexity index is 492. The Hall–Kier alpha value is -1.95. The van der Waals surface area contributed by atoms with Crippen molar-refractivity contribution in [3.63, 3.8) is 0 Å². The van der Waals surface area contributed by atoms with E-state index < -0.39 is 0 Å². The second kappa shape index (κ2) is 4.97. The summed E-state index contributed by atoms with van der Waals surface area (Å²) in [6.45, 7) is 2.63. The van der Waals surface area contributed by atoms with Crippen molar-refractivity contribution in [2.75, 3.05) is 37.7 Å². The van der Waals surface area contributed by atoms with E-state index in [1.807, 2.05) is 23.1 Å². The van der Waals surface area contributed by atoms with Crippen LogP contribution < -0.4 is 25.4 Å². The number of carbonyl (C=O) groups excluding carboxylic acids is 1. The minimum Gasteiger partial charge on any atom is -0.486 e. The number of carbonyl (C=O) groups is 1. The van der Waals surface area contributed by atoms with Crippen molar-refractivity contribution in [3.8, 4) is 11.5 Å². The van der Waals surface area contributed by atoms with Gasteiger partial charge < -0.3 is 25.4 Å². The van der Waals surface area contributed by atoms with Gasteiger partial charge in [0.1, 0.15) is 13.2 Å². The number of fused-ring (bicyclic) bond motifs is 1. The SMILES string of the molecule is NCC1CN(c2ccc3c(c2)OCCO3)CC(=O)N1. The molecule has 0 aliphatic carbocycles. The summed E-state index contributed by atoms with van der Waals surface area (Å²) >= 11 is 0. The molecule has 0 bridgehead atoms. The standard InChI is InChI=1S/C13H17N3O3/c14-6-9-7-16(8-13(17)15-9)10-1-2-11-12(5-10)19-4-3-18-11/h1-2,5,9H,3-4,6-8,14H2,(H,15,17). The second-order valence-electron chi connectivity index (χ2n) is 4.71. The van der Waals surface area contributed by atoms with Crippen LogP contribution in [-0.4, -0.2) is 44.8 Å². The molecular formula is C13H17N3O3. The fourth-order valence-corrected chi connectivity index (χ4v) is 2.38. The highest BCUT2D eigenvalue weighted by molar-refractivity contribution is 5.83. The number of benzene rings is 1. The highest BCUT2D eigenvalue weighted by atomic mass is 16.6. The number of rotatable bonds is 2. The van der Waals surface area contributed by atoms with Crippen LogP contribution in [0.1, 0.15) is 0 Å². The summed E-state index contributed by atoms with van der Waals surface area (Å²) in [5.74, 6) is 1.49. The lowest BCUT2D eigenvalue weighted by Gasteiger charge is -2.34. The first kappa shape index (κ1) is 12.1. The number of ether oxygens (including phenoxy) is 2. The van der Waals surface area contributed by atoms with Crippen LogP contribution in [0.5, 0.6) is 11.5 Å². The molecule has 0 saturated carbocycles. The van der Waals surface area contributed by atoms with Crippen LogP contribution in [0.4, 0.5) is 5.69 Å². The van der Waals surface area contributed by atoms with Crippen molar-refractivity contribution in [3.05, 3.63) is 18.2 Å². The average Bonchev–Trinajstić information content (AvgIpc) is 2.46. The molecule has 6 heteroatoms. The highest BCUT2D eigenvalue weighted by Gasteiger charge is 2.24. The number of nitrogens with one attached hydrogen (secondary N) is 1. The summed E-state index contributed by atoms with van der Waals surface area (Å²) in [4.78, 5) is 13.6. The van der Waals surface area contributed by atoms with Crippen molar-refractivity contribution < 1.29 is 14.3 Å². The Morgan fingerprint density at radius 2 is 2.11 bits per heavy atom. The summed E-state index contributed by atoms with van der Waals surface area (Å²) in [5, 5.41) is 2.87. The van der Waals surface area contributed by atoms with Crippen molar-refractivity contribution in [2.24, 2.45) is 5.73 Å². The van der Waals surface area contributed by atoms with Crippen LogP contribution in [0.25, 0.3) is 0 Å². The quantitative estimate of drug-likeness (QED) is 0.767. The Morgan fingerprint density at radius 3 is 2.89 bits per heavy atom. The van der Waals surface area contributed by atoms with Crippen molar-refractivity contribution in [2.45, 2.75) is 6.04 Å². The van der Waals surface area contributed by atoms with E-state index in [-0.39, 0.29) is 11.9 Å². The molecule has 2 aliphatic rings. The van der Waals surface area contributed by atoms with Crippen molar-refractivity contribution in [1.82, 2.24) is 5.32 Å². The molecule has 1 atom stereocenters. The summed E-state index contributed by atoms with van der Waals surface area (Å²) in [6, 6.07) is 5.74. The Balaban J connectivity index is 1.83. The van der Waals surface area contributed by atoms with Gasteiger partial charge >= 0.3 is 0 Å². The summed E-state index contributed by atoms with van der Waals surface area (Å²) in [6.07, 6.45) is 0. The van der Waals surface area contributed by atoms with Crippen LogP contribution in [-0.2, 0) is 4.79 Å². The number of hydrogen-bond donors (Lipinski definition) is 2. The largest absolute Gasteiger partial charge is 0.486 e. The van der Waals surface area contributed by atoms with E-state index in [9.17, 15) is 4.79 Å². The van der Waals surface area contributed by atoms with Crippen LogP contribution >= 0.6 is 0 Å². The molecule has 3 N–H and O–H groups in total. The van der Waals surface area contributed by atoms with Gasteiger partial charge in [0, 0.05) is 24.8 Å². The average molecular weight is 263 g/mol. The third kappa shape index (κ3) is 2.44. The molecule has 1 aromatic carbocycles. The number of anilines is 1. The van der Waals surface area contributed by atoms with Gasteiger partial charge in [-0.15, -0.1) is 0 Å². The fraction of sp³-hybridized carbons (Fsp3) is 0.462. The molecule has 0 aromatic heterocycles. The molecular weight excluding hydrogens is 246 g/mol. The first-order valence-electron chi connectivity index (χ1n) is 6.40. The first-order chi connectivity index (χ1) is 9.26. The predicted molar refractivity (Wildman–Crippen MR) is 70.6 cm³/mol. The Labute approximate surface area is 111 Å². The molecule has 3 rings (SSSR count). The van der Waals surface area contributed by atoms with E-state index in [2.05, 4.69) is 5.32 Å². The lowest BCUT2D eigenvalue weighted by atomic mass is 10.1. The molecule has 2 heterocycles. The zero-order valence-corrected chi connectivity index (χ0v) is 10.6. The van der Waals surface area contributed by atoms with E-state index in [1.165, 1.54) is 0 Å². The number of nitrogens with zero attached hydrogens (tertiary/aromatic N) is 1. The van der Waals surface area contributed by atoms with Crippen molar-refractivity contribution >= 4 is 11.6 Å². The Morgan fingerprint density at radius 1 is 1.32 bits per heavy atom. The Kier molecular flexibility index (Phi) is 3.16. The summed E-state index contributed by atoms with van der Waals surface area (Å²) in [7, 11) is 0. The molecule has 2 aliphatic heterocycles. The zero-order chi connectivity index (χ0) is 13.2. The normalized spacial score (nSPS) is 22.1. The topological polar surface area (TPSA) is 76.8 Å². The fourth-order valence-electron chi connectivity index (χ4n) is 2.38. The number of piperazine rings is 1. The lowest BCUT2D eigenvalue weighted by molar-refractivity contribution is -0.121. The minimum absolute atomic E-state index is 0.00316. The van der Waals surface area contributed by atoms with Crippen LogP contribution in [0, 0.1) is 0 Å². The molecule has 102 valence electrons. The molecule has 1 aromatic rings. The molecule has 1 saturated heterocycles. The van der Waals surface area contributed by atoms with Gasteiger partial charge in [0.2, 0.25) is 5.91 Å². The second-order valence-corrected chi connectivity index (χ2v) is 4.71. The maximum atomic E-state index is 11.6. The summed E-state index contributed by atoms with van der Waals surface area (Å²) < 4.78 is 11.0. The monoisotopic (exact) mass is 263 g/mol. The van der Waals surface area contributed by atoms with Gasteiger partial charge in [-0.25, -0.2) is 0 Å². The first-order valence-corrected chi connectivity index (χ1v) is 6.40. The van der Waals surface area contributed by atoms with Crippen LogP contribution in [0.2, 0.25) is 0 Å². The van der Waals surface area contributed by atoms with Crippen LogP contribution in [0.15, 0.2) is 18.2 Å². The van der Waals surface area contributed by atoms with Gasteiger partial charge in [-0.2, -0.15) is 0 Å². The number of hydrogen-bond acceptors (Lipinski definition) is 5. The predicted octanol–water partition coefficient (Wildman–Crippen LogP) is -0.279. The van der Waals surface area contributed by atoms with E-state index >= 15 is 0 Å². The number of nitrogens with two attached hydrogens (primary N) is 1. The molecule has 1 amide bonds. The summed E-state index contributed by atoms with van der Waals surface area (Å²) in [5.41, 5.74) is 6.59. The number of amides is 1. The molecule has 0 radical (unpaired) electrons. The molecule has 0 spiro atoms. The van der Waals surface area contributed by atoms with Crippen LogP contribution in [0.3, 0.4) is 0 Å². The minimum atomic E-state index is -0.00514. The van der Waals surface area contributed by atoms with Gasteiger partial charge in [-0.3, -0.25) is 4.79 Å². The molecule has 1 unspecified atom stereocenters. The van der Waals surface area contributed by atoms with Gasteiger partial charge in [0.25, 0.3) is 0 Å². The molecule has 19 heavy (non-hydrogen) atoms. The van der Waals surface area contributed by atoms with Gasteiger partial charge in [-0.05, 0) is 12.1 Å². The molecule has 1 fully saturated rings. The third-order valence-corrected chi connectivity index (χ3v) is 3.32. The highest BCUT2D eigenvalue weighted by Crippen LogP contribution is 2.34. The van der Waals surface area contributed by atoms with Crippen molar-refractivity contribution in [1.29, 1.82) is 0 Å². The van der Waals surface area contributed by atoms with E-state index in [0.29, 0.717) is 32.8 Å². The zero-order valence-electron chi connectivity index (χ0n) is 10.6. The maximum Gasteiger partial charge on any atom is 0.239 e. The van der Waals surface area contributed by atoms with Gasteiger partial charge in [-0.1, -0.05) is 0 Å². The third-order valence-electron chi connectivity index (χ3n) is 3.32. The van der Waals surface area contributed by atoms with Gasteiger partial charge in [0.05, 0.1) is 12.6 Å². The maximum absolute atomic E-state index is 11.6. The van der Waals surface area contributed by atoms with Gasteiger partial charge in [0.15, 0.2) is 11.5 Å². The lowest BCUT2D eigenvalue weighted by Crippen LogP contribution is -2.56. The van der Waals surface area contributed by atoms with E-state index in [0.717, 1.165) is 17.2 Å².